The van der Waals surface area contributed by atoms with E-state index in [4.69, 9.17) is 18.9 Å². The van der Waals surface area contributed by atoms with E-state index >= 15 is 0 Å². The normalized spacial score (nSPS) is 12.2. The van der Waals surface area contributed by atoms with E-state index in [1.807, 2.05) is 12.1 Å². The number of ether oxygens (including phenoxy) is 4. The van der Waals surface area contributed by atoms with E-state index in [-0.39, 0.29) is 22.7 Å². The smallest absolute Gasteiger partial charge is 0.343 e. The second-order valence-corrected chi connectivity index (χ2v) is 13.2. The van der Waals surface area contributed by atoms with Crippen LogP contribution in [0, 0.1) is 16.7 Å². The zero-order valence-electron chi connectivity index (χ0n) is 27.1. The SMILES string of the molecule is CCc1ccc(OC(=O)c2ccc(OC(=O)c3ccc(OCCCCOC(=O)C(CC(C)(C)C)C(C)(C)C)cc3)cc2)cc1. The molecule has 0 aliphatic heterocycles. The molecule has 0 heterocycles. The van der Waals surface area contributed by atoms with E-state index in [0.717, 1.165) is 24.8 Å². The van der Waals surface area contributed by atoms with Crippen molar-refractivity contribution in [2.24, 2.45) is 16.7 Å². The van der Waals surface area contributed by atoms with Gasteiger partial charge < -0.3 is 18.9 Å². The molecular formula is C37H46O7. The summed E-state index contributed by atoms with van der Waals surface area (Å²) in [7, 11) is 0. The lowest BCUT2D eigenvalue weighted by Gasteiger charge is -2.33. The molecule has 3 aromatic rings. The van der Waals surface area contributed by atoms with Gasteiger partial charge in [-0.3, -0.25) is 4.79 Å². The quantitative estimate of drug-likeness (QED) is 0.110. The zero-order valence-corrected chi connectivity index (χ0v) is 27.1. The molecule has 0 aliphatic rings. The first-order valence-corrected chi connectivity index (χ1v) is 15.3. The molecule has 0 amide bonds. The second kappa shape index (κ2) is 15.6. The Hall–Kier alpha value is -4.13. The van der Waals surface area contributed by atoms with E-state index < -0.39 is 11.9 Å². The number of hydrogen-bond donors (Lipinski definition) is 0. The van der Waals surface area contributed by atoms with E-state index in [2.05, 4.69) is 48.5 Å². The van der Waals surface area contributed by atoms with Crippen LogP contribution >= 0.6 is 0 Å². The molecule has 0 N–H and O–H groups in total. The molecule has 0 radical (unpaired) electrons. The highest BCUT2D eigenvalue weighted by Crippen LogP contribution is 2.36. The van der Waals surface area contributed by atoms with E-state index in [1.165, 1.54) is 0 Å². The molecule has 1 atom stereocenters. The number of rotatable bonds is 13. The molecule has 0 spiro atoms. The van der Waals surface area contributed by atoms with Crippen molar-refractivity contribution in [3.8, 4) is 17.2 Å². The van der Waals surface area contributed by atoms with Crippen LogP contribution < -0.4 is 14.2 Å². The van der Waals surface area contributed by atoms with Gasteiger partial charge in [0.1, 0.15) is 17.2 Å². The summed E-state index contributed by atoms with van der Waals surface area (Å²) in [6.45, 7) is 15.5. The van der Waals surface area contributed by atoms with Crippen LogP contribution in [0.2, 0.25) is 0 Å². The summed E-state index contributed by atoms with van der Waals surface area (Å²) in [5, 5.41) is 0. The standard InChI is InChI=1S/C37H46O7/c1-8-26-11-17-30(18-12-26)43-34(39)28-15-21-31(22-16-28)44-33(38)27-13-19-29(20-14-27)41-23-9-10-24-42-35(40)32(37(5,6)7)25-36(2,3)4/h11-22,32H,8-10,23-25H2,1-7H3. The molecule has 44 heavy (non-hydrogen) atoms. The van der Waals surface area contributed by atoms with Gasteiger partial charge in [0.25, 0.3) is 0 Å². The molecule has 0 fully saturated rings. The fourth-order valence-electron chi connectivity index (χ4n) is 4.49. The Morgan fingerprint density at radius 2 is 1.09 bits per heavy atom. The maximum atomic E-state index is 12.7. The second-order valence-electron chi connectivity index (χ2n) is 13.2. The molecule has 7 heteroatoms. The van der Waals surface area contributed by atoms with E-state index in [9.17, 15) is 14.4 Å². The maximum Gasteiger partial charge on any atom is 0.343 e. The zero-order chi connectivity index (χ0) is 32.3. The Morgan fingerprint density at radius 3 is 1.55 bits per heavy atom. The monoisotopic (exact) mass is 602 g/mol. The van der Waals surface area contributed by atoms with Crippen LogP contribution in [-0.4, -0.2) is 31.1 Å². The lowest BCUT2D eigenvalue weighted by molar-refractivity contribution is -0.154. The van der Waals surface area contributed by atoms with Gasteiger partial charge in [-0.1, -0.05) is 60.6 Å². The fourth-order valence-corrected chi connectivity index (χ4v) is 4.49. The predicted molar refractivity (Wildman–Crippen MR) is 171 cm³/mol. The predicted octanol–water partition coefficient (Wildman–Crippen LogP) is 8.49. The highest BCUT2D eigenvalue weighted by Gasteiger charge is 2.35. The third-order valence-corrected chi connectivity index (χ3v) is 7.13. The van der Waals surface area contributed by atoms with Crippen LogP contribution in [0.5, 0.6) is 17.2 Å². The van der Waals surface area contributed by atoms with Crippen LogP contribution in [-0.2, 0) is 16.0 Å². The summed E-state index contributed by atoms with van der Waals surface area (Å²) in [5.41, 5.74) is 1.76. The Labute approximate surface area is 261 Å². The van der Waals surface area contributed by atoms with Gasteiger partial charge in [-0.2, -0.15) is 0 Å². The first-order chi connectivity index (χ1) is 20.7. The molecule has 1 unspecified atom stereocenters. The molecule has 0 saturated carbocycles. The van der Waals surface area contributed by atoms with E-state index in [0.29, 0.717) is 48.0 Å². The maximum absolute atomic E-state index is 12.7. The van der Waals surface area contributed by atoms with Gasteiger partial charge in [-0.05, 0) is 103 Å². The number of unbranched alkanes of at least 4 members (excludes halogenated alkanes) is 1. The Kier molecular flexibility index (Phi) is 12.1. The number of carbonyl (C=O) groups is 3. The number of esters is 3. The summed E-state index contributed by atoms with van der Waals surface area (Å²) >= 11 is 0. The van der Waals surface area contributed by atoms with Gasteiger partial charge in [0.15, 0.2) is 0 Å². The summed E-state index contributed by atoms with van der Waals surface area (Å²) in [5.74, 6) is 0.107. The fraction of sp³-hybridized carbons (Fsp3) is 0.432. The average molecular weight is 603 g/mol. The average Bonchev–Trinajstić information content (AvgIpc) is 2.97. The lowest BCUT2D eigenvalue weighted by Crippen LogP contribution is -2.33. The Morgan fingerprint density at radius 1 is 0.636 bits per heavy atom. The molecule has 236 valence electrons. The molecule has 0 saturated heterocycles. The van der Waals surface area contributed by atoms with Gasteiger partial charge in [-0.15, -0.1) is 0 Å². The van der Waals surface area contributed by atoms with Crippen LogP contribution in [0.25, 0.3) is 0 Å². The molecule has 3 rings (SSSR count). The Balaban J connectivity index is 1.39. The lowest BCUT2D eigenvalue weighted by atomic mass is 9.72. The van der Waals surface area contributed by atoms with Crippen LogP contribution in [0.1, 0.15) is 94.0 Å². The third-order valence-electron chi connectivity index (χ3n) is 7.13. The van der Waals surface area contributed by atoms with Gasteiger partial charge in [0.2, 0.25) is 0 Å². The van der Waals surface area contributed by atoms with E-state index in [1.54, 1.807) is 60.7 Å². The first-order valence-electron chi connectivity index (χ1n) is 15.3. The topological polar surface area (TPSA) is 88.1 Å². The minimum atomic E-state index is -0.523. The van der Waals surface area contributed by atoms with Gasteiger partial charge in [-0.25, -0.2) is 9.59 Å². The van der Waals surface area contributed by atoms with Crippen LogP contribution in [0.3, 0.4) is 0 Å². The number of benzene rings is 3. The summed E-state index contributed by atoms with van der Waals surface area (Å²) in [6, 6.07) is 20.3. The molecule has 7 nitrogen and oxygen atoms in total. The van der Waals surface area contributed by atoms with Crippen molar-refractivity contribution in [1.29, 1.82) is 0 Å². The van der Waals surface area contributed by atoms with Crippen molar-refractivity contribution in [2.45, 2.75) is 74.1 Å². The molecule has 3 aromatic carbocycles. The summed E-state index contributed by atoms with van der Waals surface area (Å²) in [4.78, 5) is 37.8. The number of hydrogen-bond acceptors (Lipinski definition) is 7. The van der Waals surface area contributed by atoms with Crippen molar-refractivity contribution in [3.05, 3.63) is 89.5 Å². The van der Waals surface area contributed by atoms with Gasteiger partial charge in [0.05, 0.1) is 30.3 Å². The molecule has 0 aromatic heterocycles. The summed E-state index contributed by atoms with van der Waals surface area (Å²) in [6.07, 6.45) is 3.11. The largest absolute Gasteiger partial charge is 0.494 e. The highest BCUT2D eigenvalue weighted by atomic mass is 16.5. The number of aryl methyl sites for hydroxylation is 1. The third kappa shape index (κ3) is 11.2. The first kappa shape index (κ1) is 34.4. The van der Waals surface area contributed by atoms with Crippen LogP contribution in [0.4, 0.5) is 0 Å². The molecular weight excluding hydrogens is 556 g/mol. The highest BCUT2D eigenvalue weighted by molar-refractivity contribution is 5.92. The molecule has 0 aliphatic carbocycles. The van der Waals surface area contributed by atoms with Crippen molar-refractivity contribution in [3.63, 3.8) is 0 Å². The Bertz CT molecular complexity index is 1360. The minimum absolute atomic E-state index is 0.0437. The van der Waals surface area contributed by atoms with Gasteiger partial charge >= 0.3 is 17.9 Å². The van der Waals surface area contributed by atoms with Crippen molar-refractivity contribution >= 4 is 17.9 Å². The van der Waals surface area contributed by atoms with Crippen molar-refractivity contribution < 1.29 is 33.3 Å². The van der Waals surface area contributed by atoms with Crippen molar-refractivity contribution in [2.75, 3.05) is 13.2 Å². The summed E-state index contributed by atoms with van der Waals surface area (Å²) < 4.78 is 22.3. The van der Waals surface area contributed by atoms with Crippen LogP contribution in [0.15, 0.2) is 72.8 Å². The number of carbonyl (C=O) groups excluding carboxylic acids is 3. The molecule has 0 bridgehead atoms. The van der Waals surface area contributed by atoms with Crippen molar-refractivity contribution in [1.82, 2.24) is 0 Å². The van der Waals surface area contributed by atoms with Gasteiger partial charge in [0, 0.05) is 0 Å². The minimum Gasteiger partial charge on any atom is -0.494 e.